The standard InChI is InChI=1S/C53H55N15O7S4.2O3S/c1-8-67(9-2)36-23-25-41(63-65-51-54-31-38(77-51)29-39(32(6)69)46(71)55-34-19-15-13-16-20-34)43(27-36)57-49-60-50(62-52(61-49)76-12-5)58-44-28-37(68(10-3)11-4)24-26-42(44)64-66-53-59-48(79(73,74)75)45(78-53)30-40(33(7)70)47(72)56-35-21-17-14-18-22-35;2*1-4(2)3/h13-31H,8-12H2,1-7H3,(H,55,71)(H,56,72)(H,73,74,75)(H2,57,58,60,61,62);;/b39-29+,40-30-,65-63?,66-64?;;. The molecule has 7 rings (SSSR count). The molecule has 456 valence electrons. The smallest absolute Gasteiger partial charge is 0.372 e. The minimum Gasteiger partial charge on any atom is -0.372 e. The van der Waals surface area contributed by atoms with Gasteiger partial charge in [-0.15, -0.1) is 45.7 Å². The number of azo groups is 2. The summed E-state index contributed by atoms with van der Waals surface area (Å²) in [5.74, 6) is -1.55. The van der Waals surface area contributed by atoms with Crippen LogP contribution in [0, 0.1) is 0 Å². The van der Waals surface area contributed by atoms with Crippen LogP contribution in [0.2, 0.25) is 0 Å². The number of aromatic nitrogens is 5. The van der Waals surface area contributed by atoms with Gasteiger partial charge in [-0.1, -0.05) is 77.8 Å². The zero-order chi connectivity index (χ0) is 63.8. The zero-order valence-electron chi connectivity index (χ0n) is 47.2. The van der Waals surface area contributed by atoms with E-state index in [1.165, 1.54) is 31.0 Å². The molecule has 0 aliphatic heterocycles. The molecule has 0 fully saturated rings. The highest BCUT2D eigenvalue weighted by atomic mass is 32.2. The number of thioether (sulfide) groups is 1. The molecule has 0 saturated heterocycles. The Bertz CT molecular complexity index is 4050. The van der Waals surface area contributed by atoms with Gasteiger partial charge in [0.05, 0.1) is 32.3 Å². The van der Waals surface area contributed by atoms with Crippen LogP contribution in [0.15, 0.2) is 145 Å². The molecule has 7 aromatic rings. The lowest BCUT2D eigenvalue weighted by Crippen LogP contribution is -2.21. The van der Waals surface area contributed by atoms with E-state index in [1.54, 1.807) is 66.7 Å². The number of amides is 2. The number of Topliss-reactive ketones (excluding diaryl/α,β-unsaturated/α-hetero) is 2. The lowest BCUT2D eigenvalue weighted by Gasteiger charge is -2.22. The number of nitrogens with one attached hydrogen (secondary N) is 4. The van der Waals surface area contributed by atoms with Crippen LogP contribution in [0.5, 0.6) is 0 Å². The summed E-state index contributed by atoms with van der Waals surface area (Å²) in [7, 11) is -11.2. The van der Waals surface area contributed by atoms with Crippen molar-refractivity contribution in [2.45, 2.75) is 58.6 Å². The molecule has 2 amide bonds. The molecule has 28 nitrogen and oxygen atoms in total. The van der Waals surface area contributed by atoms with Gasteiger partial charge in [-0.3, -0.25) is 23.7 Å². The largest absolute Gasteiger partial charge is 0.425 e. The monoisotopic (exact) mass is 1300 g/mol. The third-order valence-electron chi connectivity index (χ3n) is 11.3. The first-order valence-corrected chi connectivity index (χ1v) is 31.7. The number of carbonyl (C=O) groups excluding carboxylic acids is 4. The van der Waals surface area contributed by atoms with Crippen molar-refractivity contribution in [1.82, 2.24) is 24.9 Å². The Kier molecular flexibility index (Phi) is 26.4. The van der Waals surface area contributed by atoms with Crippen LogP contribution in [0.25, 0.3) is 12.2 Å². The normalized spacial score (nSPS) is 11.4. The molecule has 0 aliphatic carbocycles. The highest BCUT2D eigenvalue weighted by Gasteiger charge is 2.25. The summed E-state index contributed by atoms with van der Waals surface area (Å²) in [5, 5.41) is 29.3. The molecule has 87 heavy (non-hydrogen) atoms. The molecule has 0 bridgehead atoms. The number of hydrogen-bond acceptors (Lipinski definition) is 28. The van der Waals surface area contributed by atoms with Crippen LogP contribution in [-0.2, 0) is 50.5 Å². The SMILES string of the molecule is CCSc1nc(Nc2cc(N(CC)CC)ccc2N=Nc2ncc(/C=C(\C(C)=O)C(=O)Nc3ccccc3)s2)nc(Nc2cc(N(CC)CC)ccc2N=Nc2nc(S(=O)(=O)O)c(/C=C(/C(C)=O)C(=O)Nc3ccccc3)s2)n1.O=S(=O)=O.O=S(=O)=O. The van der Waals surface area contributed by atoms with Gasteiger partial charge in [0.1, 0.15) is 11.4 Å². The van der Waals surface area contributed by atoms with Crippen molar-refractivity contribution in [2.75, 3.05) is 63.0 Å². The highest BCUT2D eigenvalue weighted by molar-refractivity contribution is 7.99. The molecule has 0 saturated carbocycles. The van der Waals surface area contributed by atoms with Gasteiger partial charge in [0.15, 0.2) is 16.7 Å². The molecule has 0 atom stereocenters. The lowest BCUT2D eigenvalue weighted by molar-refractivity contribution is -0.120. The number of ketones is 2. The predicted molar refractivity (Wildman–Crippen MR) is 332 cm³/mol. The molecule has 3 aromatic heterocycles. The van der Waals surface area contributed by atoms with Gasteiger partial charge in [-0.05, 0) is 120 Å². The van der Waals surface area contributed by atoms with Crippen molar-refractivity contribution in [2.24, 2.45) is 20.5 Å². The fourth-order valence-electron chi connectivity index (χ4n) is 7.47. The lowest BCUT2D eigenvalue weighted by atomic mass is 10.1. The summed E-state index contributed by atoms with van der Waals surface area (Å²) >= 11 is 3.20. The number of benzene rings is 4. The van der Waals surface area contributed by atoms with Gasteiger partial charge in [-0.25, -0.2) is 9.97 Å². The Morgan fingerprint density at radius 1 is 0.598 bits per heavy atom. The van der Waals surface area contributed by atoms with Crippen molar-refractivity contribution >= 4 is 169 Å². The number of carbonyl (C=O) groups is 4. The highest BCUT2D eigenvalue weighted by Crippen LogP contribution is 2.38. The van der Waals surface area contributed by atoms with E-state index in [4.69, 9.17) is 40.2 Å². The number of thiazole rings is 2. The second kappa shape index (κ2) is 33.5. The van der Waals surface area contributed by atoms with Crippen LogP contribution in [-0.4, -0.2) is 118 Å². The Hall–Kier alpha value is -9.19. The quantitative estimate of drug-likeness (QED) is 0.00886. The van der Waals surface area contributed by atoms with Crippen molar-refractivity contribution in [3.8, 4) is 0 Å². The third kappa shape index (κ3) is 21.7. The van der Waals surface area contributed by atoms with Gasteiger partial charge in [0, 0.05) is 55.1 Å². The van der Waals surface area contributed by atoms with Crippen molar-refractivity contribution < 1.29 is 57.4 Å². The van der Waals surface area contributed by atoms with Crippen LogP contribution in [0.3, 0.4) is 0 Å². The maximum Gasteiger partial charge on any atom is 0.425 e. The number of para-hydroxylation sites is 2. The van der Waals surface area contributed by atoms with E-state index >= 15 is 0 Å². The Balaban J connectivity index is 0.00000162. The van der Waals surface area contributed by atoms with Gasteiger partial charge in [0.2, 0.25) is 27.2 Å². The second-order valence-electron chi connectivity index (χ2n) is 17.1. The number of nitrogens with zero attached hydrogens (tertiary/aromatic N) is 11. The van der Waals surface area contributed by atoms with Gasteiger partial charge in [-0.2, -0.15) is 23.4 Å². The molecule has 34 heteroatoms. The number of hydrogen-bond donors (Lipinski definition) is 5. The van der Waals surface area contributed by atoms with Crippen molar-refractivity contribution in [3.63, 3.8) is 0 Å². The van der Waals surface area contributed by atoms with Crippen molar-refractivity contribution in [3.05, 3.63) is 124 Å². The van der Waals surface area contributed by atoms with Gasteiger partial charge in [0.25, 0.3) is 11.8 Å². The molecular weight excluding hydrogens is 1250 g/mol. The molecule has 0 unspecified atom stereocenters. The average Bonchev–Trinajstić information content (AvgIpc) is 2.03. The summed E-state index contributed by atoms with van der Waals surface area (Å²) in [4.78, 5) is 78.8. The van der Waals surface area contributed by atoms with Crippen molar-refractivity contribution in [1.29, 1.82) is 0 Å². The summed E-state index contributed by atoms with van der Waals surface area (Å²) in [6.45, 7) is 15.4. The number of anilines is 8. The van der Waals surface area contributed by atoms with E-state index in [2.05, 4.69) is 61.5 Å². The summed E-state index contributed by atoms with van der Waals surface area (Å²) in [6, 6.07) is 28.2. The number of rotatable bonds is 25. The third-order valence-corrected chi connectivity index (χ3v) is 14.7. The van der Waals surface area contributed by atoms with E-state index < -0.39 is 65.3 Å². The first-order chi connectivity index (χ1) is 41.4. The van der Waals surface area contributed by atoms with E-state index in [0.717, 1.165) is 48.8 Å². The topological polar surface area (TPSA) is 394 Å². The molecular formula is C53H55N15O13S6. The van der Waals surface area contributed by atoms with Crippen LogP contribution < -0.4 is 31.1 Å². The fraction of sp³-hybridized carbons (Fsp3) is 0.226. The van der Waals surface area contributed by atoms with Crippen LogP contribution >= 0.6 is 34.4 Å². The first-order valence-electron chi connectivity index (χ1n) is 25.6. The molecule has 5 N–H and O–H groups in total. The fourth-order valence-corrected chi connectivity index (χ4v) is 10.5. The van der Waals surface area contributed by atoms with Gasteiger partial charge >= 0.3 is 31.3 Å². The molecule has 3 heterocycles. The Morgan fingerprint density at radius 3 is 1.45 bits per heavy atom. The van der Waals surface area contributed by atoms with E-state index in [9.17, 15) is 32.1 Å². The average molecular weight is 1300 g/mol. The Labute approximate surface area is 514 Å². The first kappa shape index (κ1) is 68.6. The van der Waals surface area contributed by atoms with Crippen LogP contribution in [0.1, 0.15) is 58.2 Å². The maximum absolute atomic E-state index is 13.2. The van der Waals surface area contributed by atoms with Crippen LogP contribution in [0.4, 0.5) is 67.7 Å². The second-order valence-corrected chi connectivity index (χ2v) is 22.5. The summed E-state index contributed by atoms with van der Waals surface area (Å²) < 4.78 is 86.1. The van der Waals surface area contributed by atoms with Gasteiger partial charge < -0.3 is 31.1 Å². The maximum atomic E-state index is 13.2. The Morgan fingerprint density at radius 2 is 1.03 bits per heavy atom. The minimum atomic E-state index is -4.98. The zero-order valence-corrected chi connectivity index (χ0v) is 52.1. The summed E-state index contributed by atoms with van der Waals surface area (Å²) in [5.41, 5.74) is 3.77. The molecule has 4 aromatic carbocycles. The van der Waals surface area contributed by atoms with E-state index in [1.807, 2.05) is 65.0 Å². The van der Waals surface area contributed by atoms with E-state index in [-0.39, 0.29) is 38.3 Å². The molecule has 0 spiro atoms. The molecule has 0 aliphatic rings. The molecule has 0 radical (unpaired) electrons. The summed E-state index contributed by atoms with van der Waals surface area (Å²) in [6.07, 6.45) is 4.01. The predicted octanol–water partition coefficient (Wildman–Crippen LogP) is 10.4. The van der Waals surface area contributed by atoms with E-state index in [0.29, 0.717) is 68.6 Å². The minimum absolute atomic E-state index is 0.0525.